The minimum atomic E-state index is 0.692. The number of nitrogens with zero attached hydrogens (tertiary/aromatic N) is 4. The highest BCUT2D eigenvalue weighted by atomic mass is 79.9. The molecule has 0 unspecified atom stereocenters. The molecule has 0 saturated heterocycles. The normalized spacial score (nSPS) is 11.3. The molecule has 0 bridgehead atoms. The van der Waals surface area contributed by atoms with E-state index in [1.807, 2.05) is 12.1 Å². The molecular formula is C8H2Br2N4S. The highest BCUT2D eigenvalue weighted by molar-refractivity contribution is 9.13. The molecule has 3 aromatic rings. The third-order valence-electron chi connectivity index (χ3n) is 1.96. The van der Waals surface area contributed by atoms with Crippen molar-refractivity contribution in [3.05, 3.63) is 21.3 Å². The maximum Gasteiger partial charge on any atom is 0.139 e. The maximum absolute atomic E-state index is 4.35. The van der Waals surface area contributed by atoms with Gasteiger partial charge in [0.1, 0.15) is 20.2 Å². The van der Waals surface area contributed by atoms with Crippen LogP contribution >= 0.6 is 43.6 Å². The highest BCUT2D eigenvalue weighted by Crippen LogP contribution is 2.24. The quantitative estimate of drug-likeness (QED) is 0.628. The van der Waals surface area contributed by atoms with Crippen LogP contribution in [0.5, 0.6) is 0 Å². The van der Waals surface area contributed by atoms with E-state index in [0.29, 0.717) is 9.21 Å². The van der Waals surface area contributed by atoms with Gasteiger partial charge in [0.05, 0.1) is 22.8 Å². The Kier molecular flexibility index (Phi) is 2.18. The first kappa shape index (κ1) is 9.56. The van der Waals surface area contributed by atoms with Crippen molar-refractivity contribution < 1.29 is 0 Å². The van der Waals surface area contributed by atoms with Crippen molar-refractivity contribution >= 4 is 65.7 Å². The molecule has 0 radical (unpaired) electrons. The van der Waals surface area contributed by atoms with Crippen LogP contribution in [0.15, 0.2) is 21.3 Å². The first-order chi connectivity index (χ1) is 7.24. The zero-order valence-electron chi connectivity index (χ0n) is 7.11. The van der Waals surface area contributed by atoms with E-state index in [1.54, 1.807) is 0 Å². The van der Waals surface area contributed by atoms with E-state index in [9.17, 15) is 0 Å². The molecule has 2 aromatic heterocycles. The molecule has 0 spiro atoms. The summed E-state index contributed by atoms with van der Waals surface area (Å²) in [5.41, 5.74) is 3.34. The molecule has 7 heteroatoms. The summed E-state index contributed by atoms with van der Waals surface area (Å²) in [6.45, 7) is 0. The molecule has 0 fully saturated rings. The summed E-state index contributed by atoms with van der Waals surface area (Å²) in [6.07, 6.45) is 0. The lowest BCUT2D eigenvalue weighted by molar-refractivity contribution is 1.21. The number of rotatable bonds is 0. The second-order valence-electron chi connectivity index (χ2n) is 2.90. The Morgan fingerprint density at radius 1 is 0.800 bits per heavy atom. The van der Waals surface area contributed by atoms with Gasteiger partial charge in [0.25, 0.3) is 0 Å². The molecule has 0 amide bonds. The molecule has 2 heterocycles. The summed E-state index contributed by atoms with van der Waals surface area (Å²) in [5.74, 6) is 0. The number of benzene rings is 1. The third kappa shape index (κ3) is 1.54. The molecule has 0 aliphatic carbocycles. The average Bonchev–Trinajstić information content (AvgIpc) is 2.63. The largest absolute Gasteiger partial charge is 0.236 e. The van der Waals surface area contributed by atoms with Crippen LogP contribution in [-0.4, -0.2) is 18.7 Å². The van der Waals surface area contributed by atoms with Crippen LogP contribution in [0.2, 0.25) is 0 Å². The first-order valence-corrected chi connectivity index (χ1v) is 6.31. The van der Waals surface area contributed by atoms with Gasteiger partial charge in [0, 0.05) is 0 Å². The van der Waals surface area contributed by atoms with Crippen LogP contribution in [0, 0.1) is 0 Å². The zero-order valence-corrected chi connectivity index (χ0v) is 11.1. The molecule has 0 N–H and O–H groups in total. The van der Waals surface area contributed by atoms with E-state index in [1.165, 1.54) is 11.7 Å². The van der Waals surface area contributed by atoms with Crippen LogP contribution in [0.3, 0.4) is 0 Å². The lowest BCUT2D eigenvalue weighted by Gasteiger charge is -1.98. The van der Waals surface area contributed by atoms with Gasteiger partial charge in [-0.3, -0.25) is 0 Å². The minimum Gasteiger partial charge on any atom is -0.236 e. The fourth-order valence-electron chi connectivity index (χ4n) is 1.29. The Morgan fingerprint density at radius 3 is 1.73 bits per heavy atom. The van der Waals surface area contributed by atoms with Gasteiger partial charge in [-0.05, 0) is 44.0 Å². The minimum absolute atomic E-state index is 0.692. The standard InChI is InChI=1S/C8H2Br2N4S/c9-7-8(10)12-4-2-6-5(13-15-14-6)1-3(4)11-7/h1-2H. The highest BCUT2D eigenvalue weighted by Gasteiger charge is 2.07. The van der Waals surface area contributed by atoms with Gasteiger partial charge in [0.15, 0.2) is 0 Å². The third-order valence-corrected chi connectivity index (χ3v) is 4.15. The number of hydrogen-bond donors (Lipinski definition) is 0. The van der Waals surface area contributed by atoms with Crippen molar-refractivity contribution in [3.63, 3.8) is 0 Å². The first-order valence-electron chi connectivity index (χ1n) is 3.99. The molecule has 0 saturated carbocycles. The SMILES string of the molecule is Brc1nc2cc3nsnc3cc2nc1Br. The van der Waals surface area contributed by atoms with E-state index < -0.39 is 0 Å². The fraction of sp³-hybridized carbons (Fsp3) is 0. The van der Waals surface area contributed by atoms with Crippen LogP contribution in [0.25, 0.3) is 22.1 Å². The van der Waals surface area contributed by atoms with Crippen molar-refractivity contribution in [3.8, 4) is 0 Å². The molecule has 4 nitrogen and oxygen atoms in total. The Balaban J connectivity index is 2.49. The second kappa shape index (κ2) is 3.43. The van der Waals surface area contributed by atoms with Crippen LogP contribution in [0.4, 0.5) is 0 Å². The Morgan fingerprint density at radius 2 is 1.27 bits per heavy atom. The Bertz CT molecular complexity index is 611. The molecule has 1 aromatic carbocycles. The monoisotopic (exact) mass is 344 g/mol. The Labute approximate surface area is 105 Å². The van der Waals surface area contributed by atoms with E-state index in [-0.39, 0.29) is 0 Å². The molecule has 0 aliphatic rings. The smallest absolute Gasteiger partial charge is 0.139 e. The van der Waals surface area contributed by atoms with Crippen molar-refractivity contribution in [2.24, 2.45) is 0 Å². The predicted molar refractivity (Wildman–Crippen MR) is 65.9 cm³/mol. The summed E-state index contributed by atoms with van der Waals surface area (Å²) in [6, 6.07) is 3.77. The van der Waals surface area contributed by atoms with Gasteiger partial charge < -0.3 is 0 Å². The number of aromatic nitrogens is 4. The van der Waals surface area contributed by atoms with Crippen LogP contribution in [-0.2, 0) is 0 Å². The summed E-state index contributed by atoms with van der Waals surface area (Å²) in [7, 11) is 0. The number of halogens is 2. The molecule has 0 aliphatic heterocycles. The predicted octanol–water partition coefficient (Wildman–Crippen LogP) is 3.16. The summed E-state index contributed by atoms with van der Waals surface area (Å²) >= 11 is 7.83. The lowest BCUT2D eigenvalue weighted by Crippen LogP contribution is -1.87. The average molecular weight is 346 g/mol. The second-order valence-corrected chi connectivity index (χ2v) is 4.93. The van der Waals surface area contributed by atoms with Crippen molar-refractivity contribution in [1.29, 1.82) is 0 Å². The molecule has 0 atom stereocenters. The molecule has 3 rings (SSSR count). The fourth-order valence-corrected chi connectivity index (χ4v) is 2.36. The summed E-state index contributed by atoms with van der Waals surface area (Å²) < 4.78 is 9.70. The van der Waals surface area contributed by atoms with Gasteiger partial charge in [0.2, 0.25) is 0 Å². The van der Waals surface area contributed by atoms with Crippen LogP contribution in [0.1, 0.15) is 0 Å². The van der Waals surface area contributed by atoms with Gasteiger partial charge in [-0.2, -0.15) is 8.75 Å². The zero-order chi connectivity index (χ0) is 10.4. The van der Waals surface area contributed by atoms with E-state index in [2.05, 4.69) is 50.6 Å². The van der Waals surface area contributed by atoms with Gasteiger partial charge in [-0.1, -0.05) is 0 Å². The van der Waals surface area contributed by atoms with Gasteiger partial charge >= 0.3 is 0 Å². The maximum atomic E-state index is 4.35. The van der Waals surface area contributed by atoms with E-state index in [0.717, 1.165) is 22.1 Å². The summed E-state index contributed by atoms with van der Waals surface area (Å²) in [4.78, 5) is 8.70. The molecule has 15 heavy (non-hydrogen) atoms. The Hall–Kier alpha value is -0.660. The number of fused-ring (bicyclic) bond motifs is 2. The van der Waals surface area contributed by atoms with E-state index >= 15 is 0 Å². The van der Waals surface area contributed by atoms with Crippen molar-refractivity contribution in [2.45, 2.75) is 0 Å². The van der Waals surface area contributed by atoms with Crippen LogP contribution < -0.4 is 0 Å². The summed E-state index contributed by atoms with van der Waals surface area (Å²) in [5, 5.41) is 0. The van der Waals surface area contributed by atoms with E-state index in [4.69, 9.17) is 0 Å². The lowest BCUT2D eigenvalue weighted by atomic mass is 10.2. The van der Waals surface area contributed by atoms with Crippen molar-refractivity contribution in [2.75, 3.05) is 0 Å². The topological polar surface area (TPSA) is 51.6 Å². The molecular weight excluding hydrogens is 344 g/mol. The van der Waals surface area contributed by atoms with Gasteiger partial charge in [-0.25, -0.2) is 9.97 Å². The number of hydrogen-bond acceptors (Lipinski definition) is 5. The van der Waals surface area contributed by atoms with Crippen molar-refractivity contribution in [1.82, 2.24) is 18.7 Å². The molecule has 74 valence electrons. The van der Waals surface area contributed by atoms with Gasteiger partial charge in [-0.15, -0.1) is 0 Å².